The zero-order chi connectivity index (χ0) is 17.0. The Bertz CT molecular complexity index is 695. The van der Waals surface area contributed by atoms with Crippen molar-refractivity contribution in [3.63, 3.8) is 0 Å². The Labute approximate surface area is 134 Å². The van der Waals surface area contributed by atoms with Crippen LogP contribution in [0.5, 0.6) is 5.75 Å². The summed E-state index contributed by atoms with van der Waals surface area (Å²) in [7, 11) is 1.22. The number of methoxy groups -OCH3 is 1. The molecule has 8 heteroatoms. The Morgan fingerprint density at radius 3 is 2.52 bits per heavy atom. The Hall–Kier alpha value is -2.48. The average molecular weight is 341 g/mol. The van der Waals surface area contributed by atoms with Gasteiger partial charge in [-0.15, -0.1) is 11.3 Å². The number of hydrogen-bond donors (Lipinski definition) is 2. The van der Waals surface area contributed by atoms with E-state index in [-0.39, 0.29) is 12.0 Å². The minimum atomic E-state index is -1.24. The molecule has 0 spiro atoms. The summed E-state index contributed by atoms with van der Waals surface area (Å²) in [6.45, 7) is 0. The van der Waals surface area contributed by atoms with Gasteiger partial charge in [-0.05, 0) is 23.6 Å². The van der Waals surface area contributed by atoms with Crippen LogP contribution in [-0.2, 0) is 9.53 Å². The van der Waals surface area contributed by atoms with Crippen molar-refractivity contribution in [1.82, 2.24) is 5.32 Å². The molecule has 0 aliphatic carbocycles. The summed E-state index contributed by atoms with van der Waals surface area (Å²) in [5.74, 6) is -4.94. The molecule has 5 nitrogen and oxygen atoms in total. The van der Waals surface area contributed by atoms with Crippen molar-refractivity contribution < 1.29 is 28.2 Å². The Kier molecular flexibility index (Phi) is 5.28. The van der Waals surface area contributed by atoms with E-state index in [4.69, 9.17) is 5.11 Å². The molecule has 0 fully saturated rings. The third-order valence-corrected chi connectivity index (χ3v) is 4.06. The summed E-state index contributed by atoms with van der Waals surface area (Å²) in [5, 5.41) is 13.4. The molecule has 0 bridgehead atoms. The second kappa shape index (κ2) is 7.19. The second-order valence-corrected chi connectivity index (χ2v) is 5.59. The number of amides is 1. The standard InChI is InChI=1S/C15H13F2NO4S/c1-22-13(19)7-11(12-3-2-4-23-12)18-15(21)8-5-9(16)14(20)10(17)6-8/h2-6,11,20H,7H2,1H3,(H,18,21)/t11-/m0/s1. The number of esters is 1. The third kappa shape index (κ3) is 4.04. The minimum Gasteiger partial charge on any atom is -0.503 e. The van der Waals surface area contributed by atoms with Crippen LogP contribution in [0.15, 0.2) is 29.6 Å². The van der Waals surface area contributed by atoms with Gasteiger partial charge in [0.05, 0.1) is 19.6 Å². The van der Waals surface area contributed by atoms with E-state index in [0.717, 1.165) is 12.1 Å². The van der Waals surface area contributed by atoms with E-state index in [9.17, 15) is 18.4 Å². The highest BCUT2D eigenvalue weighted by Crippen LogP contribution is 2.25. The molecule has 0 aliphatic rings. The highest BCUT2D eigenvalue weighted by Gasteiger charge is 2.22. The van der Waals surface area contributed by atoms with Crippen LogP contribution in [0.4, 0.5) is 8.78 Å². The van der Waals surface area contributed by atoms with E-state index in [0.29, 0.717) is 4.88 Å². The number of hydrogen-bond acceptors (Lipinski definition) is 5. The van der Waals surface area contributed by atoms with Crippen LogP contribution in [0.2, 0.25) is 0 Å². The molecule has 1 aromatic heterocycles. The predicted octanol–water partition coefficient (Wildman–Crippen LogP) is 2.77. The summed E-state index contributed by atoms with van der Waals surface area (Å²) in [6.07, 6.45) is -0.119. The molecule has 2 N–H and O–H groups in total. The Morgan fingerprint density at radius 2 is 2.00 bits per heavy atom. The van der Waals surface area contributed by atoms with Gasteiger partial charge in [-0.3, -0.25) is 9.59 Å². The molecule has 1 heterocycles. The fraction of sp³-hybridized carbons (Fsp3) is 0.200. The third-order valence-electron chi connectivity index (χ3n) is 3.07. The predicted molar refractivity (Wildman–Crippen MR) is 79.2 cm³/mol. The second-order valence-electron chi connectivity index (χ2n) is 4.61. The lowest BCUT2D eigenvalue weighted by Gasteiger charge is -2.16. The van der Waals surface area contributed by atoms with Crippen LogP contribution >= 0.6 is 11.3 Å². The van der Waals surface area contributed by atoms with E-state index in [2.05, 4.69) is 10.1 Å². The van der Waals surface area contributed by atoms with Gasteiger partial charge in [-0.2, -0.15) is 0 Å². The number of nitrogens with one attached hydrogen (secondary N) is 1. The number of carbonyl (C=O) groups is 2. The van der Waals surface area contributed by atoms with Crippen molar-refractivity contribution in [1.29, 1.82) is 0 Å². The maximum absolute atomic E-state index is 13.3. The maximum atomic E-state index is 13.3. The lowest BCUT2D eigenvalue weighted by atomic mass is 10.1. The van der Waals surface area contributed by atoms with E-state index >= 15 is 0 Å². The van der Waals surface area contributed by atoms with Crippen molar-refractivity contribution in [2.45, 2.75) is 12.5 Å². The van der Waals surface area contributed by atoms with Crippen molar-refractivity contribution in [3.05, 3.63) is 51.7 Å². The summed E-state index contributed by atoms with van der Waals surface area (Å²) in [6, 6.07) is 4.22. The van der Waals surface area contributed by atoms with Crippen LogP contribution in [0.3, 0.4) is 0 Å². The largest absolute Gasteiger partial charge is 0.503 e. The highest BCUT2D eigenvalue weighted by molar-refractivity contribution is 7.10. The first-order valence-electron chi connectivity index (χ1n) is 6.51. The van der Waals surface area contributed by atoms with E-state index in [1.807, 2.05) is 0 Å². The molecule has 1 amide bonds. The number of phenols is 1. The number of aromatic hydroxyl groups is 1. The van der Waals surface area contributed by atoms with Gasteiger partial charge in [-0.1, -0.05) is 6.07 Å². The van der Waals surface area contributed by atoms with Gasteiger partial charge in [0.1, 0.15) is 0 Å². The molecule has 2 aromatic rings. The smallest absolute Gasteiger partial charge is 0.307 e. The fourth-order valence-electron chi connectivity index (χ4n) is 1.90. The molecule has 122 valence electrons. The summed E-state index contributed by atoms with van der Waals surface area (Å²) in [5.41, 5.74) is -0.302. The van der Waals surface area contributed by atoms with Crippen LogP contribution in [0.1, 0.15) is 27.7 Å². The molecule has 0 unspecified atom stereocenters. The van der Waals surface area contributed by atoms with Crippen molar-refractivity contribution in [3.8, 4) is 5.75 Å². The number of thiophene rings is 1. The molecule has 0 saturated heterocycles. The lowest BCUT2D eigenvalue weighted by molar-refractivity contribution is -0.141. The van der Waals surface area contributed by atoms with Gasteiger partial charge in [0.15, 0.2) is 17.4 Å². The molecule has 23 heavy (non-hydrogen) atoms. The summed E-state index contributed by atoms with van der Waals surface area (Å²) in [4.78, 5) is 24.3. The van der Waals surface area contributed by atoms with E-state index in [1.54, 1.807) is 17.5 Å². The van der Waals surface area contributed by atoms with Crippen LogP contribution in [0, 0.1) is 11.6 Å². The van der Waals surface area contributed by atoms with E-state index in [1.165, 1.54) is 18.4 Å². The van der Waals surface area contributed by atoms with Gasteiger partial charge in [-0.25, -0.2) is 8.78 Å². The highest BCUT2D eigenvalue weighted by atomic mass is 32.1. The fourth-order valence-corrected chi connectivity index (χ4v) is 2.68. The monoisotopic (exact) mass is 341 g/mol. The van der Waals surface area contributed by atoms with Crippen molar-refractivity contribution >= 4 is 23.2 Å². The number of carbonyl (C=O) groups excluding carboxylic acids is 2. The van der Waals surface area contributed by atoms with Crippen LogP contribution in [0.25, 0.3) is 0 Å². The summed E-state index contributed by atoms with van der Waals surface area (Å²) >= 11 is 1.32. The van der Waals surface area contributed by atoms with Crippen LogP contribution < -0.4 is 5.32 Å². The topological polar surface area (TPSA) is 75.6 Å². The van der Waals surface area contributed by atoms with Gasteiger partial charge in [0.2, 0.25) is 0 Å². The van der Waals surface area contributed by atoms with Gasteiger partial charge in [0.25, 0.3) is 5.91 Å². The lowest BCUT2D eigenvalue weighted by Crippen LogP contribution is -2.30. The molecule has 0 aliphatic heterocycles. The molecule has 1 aromatic carbocycles. The zero-order valence-corrected chi connectivity index (χ0v) is 12.8. The SMILES string of the molecule is COC(=O)C[C@H](NC(=O)c1cc(F)c(O)c(F)c1)c1cccs1. The Balaban J connectivity index is 2.22. The number of rotatable bonds is 5. The molecular formula is C15H13F2NO4S. The quantitative estimate of drug-likeness (QED) is 0.820. The zero-order valence-electron chi connectivity index (χ0n) is 12.0. The molecule has 0 radical (unpaired) electrons. The van der Waals surface area contributed by atoms with Crippen molar-refractivity contribution in [2.75, 3.05) is 7.11 Å². The average Bonchev–Trinajstić information content (AvgIpc) is 3.05. The van der Waals surface area contributed by atoms with E-state index < -0.39 is 35.3 Å². The number of halogens is 2. The normalized spacial score (nSPS) is 11.8. The van der Waals surface area contributed by atoms with Crippen LogP contribution in [-0.4, -0.2) is 24.1 Å². The molecule has 2 rings (SSSR count). The Morgan fingerprint density at radius 1 is 1.35 bits per heavy atom. The van der Waals surface area contributed by atoms with Gasteiger partial charge >= 0.3 is 5.97 Å². The van der Waals surface area contributed by atoms with Gasteiger partial charge in [0, 0.05) is 10.4 Å². The summed E-state index contributed by atoms with van der Waals surface area (Å²) < 4.78 is 31.2. The maximum Gasteiger partial charge on any atom is 0.307 e. The molecular weight excluding hydrogens is 328 g/mol. The van der Waals surface area contributed by atoms with Gasteiger partial charge < -0.3 is 15.2 Å². The first kappa shape index (κ1) is 16.9. The first-order chi connectivity index (χ1) is 10.9. The molecule has 0 saturated carbocycles. The van der Waals surface area contributed by atoms with Crippen molar-refractivity contribution in [2.24, 2.45) is 0 Å². The first-order valence-corrected chi connectivity index (χ1v) is 7.39. The number of benzene rings is 1. The number of ether oxygens (including phenoxy) is 1. The molecule has 1 atom stereocenters. The number of phenolic OH excluding ortho intramolecular Hbond substituents is 1. The minimum absolute atomic E-state index is 0.119.